The molecule has 0 amide bonds. The van der Waals surface area contributed by atoms with Crippen molar-refractivity contribution in [1.82, 2.24) is 0 Å². The van der Waals surface area contributed by atoms with Gasteiger partial charge in [0.15, 0.2) is 23.2 Å². The van der Waals surface area contributed by atoms with E-state index in [1.54, 1.807) is 0 Å². The fourth-order valence-electron chi connectivity index (χ4n) is 4.68. The smallest absolute Gasteiger partial charge is 0.229 e. The number of benzene rings is 2. The van der Waals surface area contributed by atoms with Gasteiger partial charge in [-0.1, -0.05) is 0 Å². The Morgan fingerprint density at radius 1 is 0.857 bits per heavy atom. The summed E-state index contributed by atoms with van der Waals surface area (Å²) in [6.07, 6.45) is -13.9. The fraction of sp³-hybridized carbons (Fsp3) is 0.444. The van der Waals surface area contributed by atoms with Gasteiger partial charge in [-0.2, -0.15) is 0 Å². The van der Waals surface area contributed by atoms with Gasteiger partial charge in [0.05, 0.1) is 20.3 Å². The van der Waals surface area contributed by atoms with E-state index in [1.807, 2.05) is 0 Å². The highest BCUT2D eigenvalue weighted by Gasteiger charge is 2.46. The first-order valence-electron chi connectivity index (χ1n) is 12.8. The number of aliphatic hydroxyl groups excluding tert-OH is 6. The Morgan fingerprint density at radius 2 is 1.60 bits per heavy atom. The molecule has 3 heterocycles. The van der Waals surface area contributed by atoms with Crippen LogP contribution in [0.1, 0.15) is 0 Å². The van der Waals surface area contributed by atoms with Crippen LogP contribution in [0.3, 0.4) is 0 Å². The molecule has 5 rings (SSSR count). The molecule has 42 heavy (non-hydrogen) atoms. The molecule has 3 aromatic rings. The molecule has 2 fully saturated rings. The van der Waals surface area contributed by atoms with Crippen molar-refractivity contribution < 1.29 is 69.0 Å². The first-order valence-corrected chi connectivity index (χ1v) is 12.8. The number of aliphatic hydroxyl groups is 6. The zero-order chi connectivity index (χ0) is 30.3. The van der Waals surface area contributed by atoms with Gasteiger partial charge in [0, 0.05) is 23.8 Å². The van der Waals surface area contributed by atoms with Crippen molar-refractivity contribution in [3.05, 3.63) is 46.6 Å². The molecule has 228 valence electrons. The molecule has 3 unspecified atom stereocenters. The summed E-state index contributed by atoms with van der Waals surface area (Å²) in [5, 5.41) is 80.5. The first-order chi connectivity index (χ1) is 20.0. The molecular formula is C27H30O15. The molecule has 15 nitrogen and oxygen atoms in total. The van der Waals surface area contributed by atoms with E-state index in [0.717, 1.165) is 0 Å². The van der Waals surface area contributed by atoms with Crippen molar-refractivity contribution in [3.8, 4) is 34.3 Å². The number of phenols is 2. The zero-order valence-electron chi connectivity index (χ0n) is 22.0. The monoisotopic (exact) mass is 594 g/mol. The van der Waals surface area contributed by atoms with Crippen molar-refractivity contribution in [2.75, 3.05) is 20.3 Å². The highest BCUT2D eigenvalue weighted by atomic mass is 16.7. The molecule has 0 spiro atoms. The van der Waals surface area contributed by atoms with Gasteiger partial charge < -0.3 is 69.0 Å². The molecule has 0 aliphatic carbocycles. The Labute approximate surface area is 236 Å². The van der Waals surface area contributed by atoms with Crippen LogP contribution >= 0.6 is 0 Å². The second-order valence-corrected chi connectivity index (χ2v) is 9.89. The van der Waals surface area contributed by atoms with E-state index < -0.39 is 73.1 Å². The SMILES string of the molecule is COc1cc(O[C@@H]2OC(CO[C@@H]3OC[C@@H](O)[C@H](O)C3O)[C@@H](O)[C@H](O)C2O)cc2oc(-c3ccc(O)c(O)c3)cc(=O)c12. The van der Waals surface area contributed by atoms with Gasteiger partial charge in [0.2, 0.25) is 6.29 Å². The van der Waals surface area contributed by atoms with Crippen LogP contribution in [0.5, 0.6) is 23.0 Å². The Balaban J connectivity index is 1.39. The van der Waals surface area contributed by atoms with Gasteiger partial charge in [-0.3, -0.25) is 4.79 Å². The predicted octanol–water partition coefficient (Wildman–Crippen LogP) is -1.48. The van der Waals surface area contributed by atoms with Crippen molar-refractivity contribution >= 4 is 11.0 Å². The minimum absolute atomic E-state index is 0.00522. The number of phenolic OH excluding ortho intramolecular Hbond substituents is 2. The van der Waals surface area contributed by atoms with Gasteiger partial charge in [-0.05, 0) is 18.2 Å². The third-order valence-corrected chi connectivity index (χ3v) is 7.05. The molecule has 0 radical (unpaired) electrons. The van der Waals surface area contributed by atoms with Gasteiger partial charge in [-0.25, -0.2) is 0 Å². The van der Waals surface area contributed by atoms with E-state index in [-0.39, 0.29) is 46.1 Å². The Bertz CT molecular complexity index is 1470. The van der Waals surface area contributed by atoms with Crippen LogP contribution in [0.2, 0.25) is 0 Å². The number of hydrogen-bond acceptors (Lipinski definition) is 15. The third-order valence-electron chi connectivity index (χ3n) is 7.05. The summed E-state index contributed by atoms with van der Waals surface area (Å²) in [5.74, 6) is -0.711. The number of fused-ring (bicyclic) bond motifs is 1. The molecular weight excluding hydrogens is 564 g/mol. The minimum atomic E-state index is -1.75. The zero-order valence-corrected chi connectivity index (χ0v) is 22.0. The molecule has 8 N–H and O–H groups in total. The average molecular weight is 595 g/mol. The predicted molar refractivity (Wildman–Crippen MR) is 139 cm³/mol. The van der Waals surface area contributed by atoms with E-state index in [2.05, 4.69) is 0 Å². The Hall–Kier alpha value is -3.51. The summed E-state index contributed by atoms with van der Waals surface area (Å²) in [5.41, 5.74) is -0.208. The first kappa shape index (κ1) is 30.0. The van der Waals surface area contributed by atoms with Crippen molar-refractivity contribution in [2.24, 2.45) is 0 Å². The maximum absolute atomic E-state index is 13.0. The van der Waals surface area contributed by atoms with E-state index in [0.29, 0.717) is 0 Å². The molecule has 15 heteroatoms. The second-order valence-electron chi connectivity index (χ2n) is 9.89. The maximum atomic E-state index is 13.0. The van der Waals surface area contributed by atoms with E-state index in [4.69, 9.17) is 28.1 Å². The highest BCUT2D eigenvalue weighted by molar-refractivity contribution is 5.86. The van der Waals surface area contributed by atoms with Crippen molar-refractivity contribution in [2.45, 2.75) is 55.3 Å². The molecule has 2 aliphatic rings. The molecule has 0 bridgehead atoms. The molecule has 1 aromatic heterocycles. The van der Waals surface area contributed by atoms with E-state index in [9.17, 15) is 45.6 Å². The number of hydrogen-bond donors (Lipinski definition) is 8. The standard InChI is InChI=1S/C27H30O15/c1-37-17-5-11(6-18-20(17)14(30)7-16(41-18)10-2-3-12(28)13(29)4-10)40-27-25(36)23(34)22(33)19(42-27)9-39-26-24(35)21(32)15(31)8-38-26/h2-7,15,19,21-29,31-36H,8-9H2,1H3/t15-,19?,21+,22-,23+,24?,25?,26+,27-/m1/s1. The number of aromatic hydroxyl groups is 2. The molecule has 2 aromatic carbocycles. The summed E-state index contributed by atoms with van der Waals surface area (Å²) in [6.45, 7) is -0.798. The van der Waals surface area contributed by atoms with Crippen molar-refractivity contribution in [1.29, 1.82) is 0 Å². The highest BCUT2D eigenvalue weighted by Crippen LogP contribution is 2.35. The molecule has 2 aliphatic heterocycles. The fourth-order valence-corrected chi connectivity index (χ4v) is 4.68. The van der Waals surface area contributed by atoms with E-state index >= 15 is 0 Å². The number of methoxy groups -OCH3 is 1. The normalized spacial score (nSPS) is 31.6. The summed E-state index contributed by atoms with van der Waals surface area (Å²) in [4.78, 5) is 13.0. The van der Waals surface area contributed by atoms with Gasteiger partial charge >= 0.3 is 0 Å². The Kier molecular flexibility index (Phi) is 8.56. The average Bonchev–Trinajstić information content (AvgIpc) is 2.97. The van der Waals surface area contributed by atoms with Crippen LogP contribution in [0, 0.1) is 0 Å². The lowest BCUT2D eigenvalue weighted by molar-refractivity contribution is -0.307. The van der Waals surface area contributed by atoms with Gasteiger partial charge in [-0.15, -0.1) is 0 Å². The van der Waals surface area contributed by atoms with Crippen LogP contribution in [0.15, 0.2) is 45.6 Å². The number of ether oxygens (including phenoxy) is 5. The van der Waals surface area contributed by atoms with Crippen LogP contribution in [0.4, 0.5) is 0 Å². The Morgan fingerprint density at radius 3 is 2.31 bits per heavy atom. The lowest BCUT2D eigenvalue weighted by Crippen LogP contribution is -2.61. The third kappa shape index (κ3) is 5.74. The van der Waals surface area contributed by atoms with Crippen LogP contribution < -0.4 is 14.9 Å². The quantitative estimate of drug-likeness (QED) is 0.146. The van der Waals surface area contributed by atoms with Crippen LogP contribution in [-0.2, 0) is 14.2 Å². The maximum Gasteiger partial charge on any atom is 0.229 e. The van der Waals surface area contributed by atoms with Crippen LogP contribution in [-0.4, -0.2) is 116 Å². The summed E-state index contributed by atoms with van der Waals surface area (Å²) in [7, 11) is 1.31. The second kappa shape index (κ2) is 12.0. The molecule has 0 saturated carbocycles. The van der Waals surface area contributed by atoms with Crippen molar-refractivity contribution in [3.63, 3.8) is 0 Å². The lowest BCUT2D eigenvalue weighted by Gasteiger charge is -2.41. The summed E-state index contributed by atoms with van der Waals surface area (Å²) < 4.78 is 33.2. The van der Waals surface area contributed by atoms with Gasteiger partial charge in [0.25, 0.3) is 0 Å². The van der Waals surface area contributed by atoms with E-state index in [1.165, 1.54) is 43.5 Å². The molecule has 2 saturated heterocycles. The topological polar surface area (TPSA) is 238 Å². The largest absolute Gasteiger partial charge is 0.504 e. The minimum Gasteiger partial charge on any atom is -0.504 e. The van der Waals surface area contributed by atoms with Crippen LogP contribution in [0.25, 0.3) is 22.3 Å². The van der Waals surface area contributed by atoms with Gasteiger partial charge in [0.1, 0.15) is 71.0 Å². The lowest BCUT2D eigenvalue weighted by atomic mass is 9.99. The summed E-state index contributed by atoms with van der Waals surface area (Å²) >= 11 is 0. The molecule has 9 atom stereocenters. The summed E-state index contributed by atoms with van der Waals surface area (Å²) in [6, 6.07) is 7.67. The number of rotatable bonds is 7.